The molecule has 112 valence electrons. The van der Waals surface area contributed by atoms with Gasteiger partial charge in [0.05, 0.1) is 0 Å². The molecule has 0 aliphatic carbocycles. The summed E-state index contributed by atoms with van der Waals surface area (Å²) >= 11 is 0. The number of carbonyl (C=O) groups is 1. The quantitative estimate of drug-likeness (QED) is 0.720. The van der Waals surface area contributed by atoms with Crippen LogP contribution in [0.2, 0.25) is 0 Å². The molecule has 0 saturated heterocycles. The van der Waals surface area contributed by atoms with E-state index in [0.29, 0.717) is 19.4 Å². The van der Waals surface area contributed by atoms with Crippen LogP contribution in [0.15, 0.2) is 24.3 Å². The molecule has 20 heavy (non-hydrogen) atoms. The van der Waals surface area contributed by atoms with Crippen molar-refractivity contribution in [3.05, 3.63) is 35.6 Å². The summed E-state index contributed by atoms with van der Waals surface area (Å²) in [5, 5.41) is 12.0. The van der Waals surface area contributed by atoms with Crippen molar-refractivity contribution in [3.8, 4) is 0 Å². The first-order valence-corrected chi connectivity index (χ1v) is 7.05. The summed E-state index contributed by atoms with van der Waals surface area (Å²) in [6, 6.07) is 6.32. The molecule has 1 aromatic carbocycles. The number of aliphatic hydroxyl groups excluding tert-OH is 1. The first-order valence-electron chi connectivity index (χ1n) is 7.05. The summed E-state index contributed by atoms with van der Waals surface area (Å²) in [5.74, 6) is -0.287. The van der Waals surface area contributed by atoms with Crippen molar-refractivity contribution >= 4 is 5.91 Å². The number of rotatable bonds is 8. The van der Waals surface area contributed by atoms with Crippen LogP contribution in [0.1, 0.15) is 38.7 Å². The molecular formula is C16H24FNO2. The third-order valence-electron chi connectivity index (χ3n) is 3.31. The van der Waals surface area contributed by atoms with Gasteiger partial charge in [0.25, 0.3) is 0 Å². The Kier molecular flexibility index (Phi) is 6.65. The Morgan fingerprint density at radius 1 is 1.40 bits per heavy atom. The number of halogens is 1. The molecule has 0 atom stereocenters. The van der Waals surface area contributed by atoms with Crippen molar-refractivity contribution in [2.75, 3.05) is 13.2 Å². The SMILES string of the molecule is CC(C)(CO)CCCNC(=O)CCc1cccc(F)c1. The number of aliphatic hydroxyl groups is 1. The number of hydrogen-bond acceptors (Lipinski definition) is 2. The van der Waals surface area contributed by atoms with Crippen molar-refractivity contribution in [2.45, 2.75) is 39.5 Å². The number of aryl methyl sites for hydroxylation is 1. The van der Waals surface area contributed by atoms with Gasteiger partial charge in [0.1, 0.15) is 5.82 Å². The number of benzene rings is 1. The highest BCUT2D eigenvalue weighted by molar-refractivity contribution is 5.76. The van der Waals surface area contributed by atoms with Gasteiger partial charge in [-0.25, -0.2) is 4.39 Å². The van der Waals surface area contributed by atoms with E-state index in [9.17, 15) is 9.18 Å². The predicted octanol–water partition coefficient (Wildman–Crippen LogP) is 2.67. The first-order chi connectivity index (χ1) is 9.43. The topological polar surface area (TPSA) is 49.3 Å². The lowest BCUT2D eigenvalue weighted by Crippen LogP contribution is -2.26. The van der Waals surface area contributed by atoms with Crippen molar-refractivity contribution in [3.63, 3.8) is 0 Å². The zero-order chi connectivity index (χ0) is 15.0. The molecule has 2 N–H and O–H groups in total. The van der Waals surface area contributed by atoms with Gasteiger partial charge < -0.3 is 10.4 Å². The molecule has 0 spiro atoms. The van der Waals surface area contributed by atoms with Crippen molar-refractivity contribution in [1.82, 2.24) is 5.32 Å². The third-order valence-corrected chi connectivity index (χ3v) is 3.31. The van der Waals surface area contributed by atoms with Gasteiger partial charge in [-0.05, 0) is 42.4 Å². The van der Waals surface area contributed by atoms with Gasteiger partial charge in [-0.15, -0.1) is 0 Å². The Labute approximate surface area is 120 Å². The lowest BCUT2D eigenvalue weighted by molar-refractivity contribution is -0.121. The normalized spacial score (nSPS) is 11.4. The van der Waals surface area contributed by atoms with E-state index in [4.69, 9.17) is 5.11 Å². The van der Waals surface area contributed by atoms with Crippen molar-refractivity contribution in [1.29, 1.82) is 0 Å². The molecule has 0 aliphatic rings. The fourth-order valence-corrected chi connectivity index (χ4v) is 1.91. The zero-order valence-corrected chi connectivity index (χ0v) is 12.3. The fourth-order valence-electron chi connectivity index (χ4n) is 1.91. The maximum Gasteiger partial charge on any atom is 0.220 e. The standard InChI is InChI=1S/C16H24FNO2/c1-16(2,12-19)9-4-10-18-15(20)8-7-13-5-3-6-14(17)11-13/h3,5-6,11,19H,4,7-10,12H2,1-2H3,(H,18,20). The van der Waals surface area contributed by atoms with Crippen molar-refractivity contribution in [2.24, 2.45) is 5.41 Å². The average Bonchev–Trinajstić information content (AvgIpc) is 2.41. The number of amides is 1. The lowest BCUT2D eigenvalue weighted by atomic mass is 9.89. The monoisotopic (exact) mass is 281 g/mol. The van der Waals surface area contributed by atoms with E-state index in [1.165, 1.54) is 12.1 Å². The highest BCUT2D eigenvalue weighted by atomic mass is 19.1. The Hall–Kier alpha value is -1.42. The third kappa shape index (κ3) is 6.66. The molecule has 0 saturated carbocycles. The molecule has 4 heteroatoms. The van der Waals surface area contributed by atoms with E-state index < -0.39 is 0 Å². The zero-order valence-electron chi connectivity index (χ0n) is 12.3. The van der Waals surface area contributed by atoms with E-state index >= 15 is 0 Å². The molecule has 0 heterocycles. The van der Waals surface area contributed by atoms with Gasteiger partial charge in [-0.1, -0.05) is 26.0 Å². The molecule has 3 nitrogen and oxygen atoms in total. The van der Waals surface area contributed by atoms with Crippen molar-refractivity contribution < 1.29 is 14.3 Å². The molecule has 0 aliphatic heterocycles. The summed E-state index contributed by atoms with van der Waals surface area (Å²) in [5.41, 5.74) is 0.744. The van der Waals surface area contributed by atoms with Gasteiger partial charge >= 0.3 is 0 Å². The minimum Gasteiger partial charge on any atom is -0.396 e. The van der Waals surface area contributed by atoms with Crippen LogP contribution >= 0.6 is 0 Å². The average molecular weight is 281 g/mol. The highest BCUT2D eigenvalue weighted by Crippen LogP contribution is 2.20. The van der Waals surface area contributed by atoms with Crippen LogP contribution in [0.3, 0.4) is 0 Å². The van der Waals surface area contributed by atoms with E-state index in [-0.39, 0.29) is 23.7 Å². The summed E-state index contributed by atoms with van der Waals surface area (Å²) in [7, 11) is 0. The van der Waals surface area contributed by atoms with Crippen LogP contribution in [0.25, 0.3) is 0 Å². The molecule has 0 aromatic heterocycles. The maximum absolute atomic E-state index is 13.0. The van der Waals surface area contributed by atoms with Crippen LogP contribution in [0.4, 0.5) is 4.39 Å². The van der Waals surface area contributed by atoms with Crippen LogP contribution < -0.4 is 5.32 Å². The Balaban J connectivity index is 2.18. The van der Waals surface area contributed by atoms with Crippen LogP contribution in [-0.4, -0.2) is 24.2 Å². The summed E-state index contributed by atoms with van der Waals surface area (Å²) < 4.78 is 13.0. The maximum atomic E-state index is 13.0. The van der Waals surface area contributed by atoms with Gasteiger partial charge in [-0.3, -0.25) is 4.79 Å². The molecule has 1 aromatic rings. The molecule has 0 fully saturated rings. The predicted molar refractivity (Wildman–Crippen MR) is 77.8 cm³/mol. The van der Waals surface area contributed by atoms with Crippen LogP contribution in [0, 0.1) is 11.2 Å². The van der Waals surface area contributed by atoms with E-state index in [1.54, 1.807) is 6.07 Å². The Bertz CT molecular complexity index is 432. The van der Waals surface area contributed by atoms with E-state index in [0.717, 1.165) is 18.4 Å². The molecule has 0 bridgehead atoms. The van der Waals surface area contributed by atoms with Crippen LogP contribution in [-0.2, 0) is 11.2 Å². The molecular weight excluding hydrogens is 257 g/mol. The minimum absolute atomic E-state index is 0.0175. The first kappa shape index (κ1) is 16.6. The Morgan fingerprint density at radius 2 is 2.15 bits per heavy atom. The molecule has 0 unspecified atom stereocenters. The Morgan fingerprint density at radius 3 is 2.80 bits per heavy atom. The second-order valence-electron chi connectivity index (χ2n) is 5.91. The second kappa shape index (κ2) is 8.00. The van der Waals surface area contributed by atoms with E-state index in [2.05, 4.69) is 5.32 Å². The minimum atomic E-state index is -0.269. The largest absolute Gasteiger partial charge is 0.396 e. The highest BCUT2D eigenvalue weighted by Gasteiger charge is 2.15. The smallest absolute Gasteiger partial charge is 0.220 e. The number of nitrogens with one attached hydrogen (secondary N) is 1. The number of carbonyl (C=O) groups excluding carboxylic acids is 1. The van der Waals surface area contributed by atoms with Gasteiger partial charge in [-0.2, -0.15) is 0 Å². The summed E-state index contributed by atoms with van der Waals surface area (Å²) in [6.07, 6.45) is 2.63. The van der Waals surface area contributed by atoms with Crippen LogP contribution in [0.5, 0.6) is 0 Å². The van der Waals surface area contributed by atoms with Gasteiger partial charge in [0, 0.05) is 19.6 Å². The van der Waals surface area contributed by atoms with Gasteiger partial charge in [0.15, 0.2) is 0 Å². The van der Waals surface area contributed by atoms with Gasteiger partial charge in [0.2, 0.25) is 5.91 Å². The molecule has 0 radical (unpaired) electrons. The molecule has 1 amide bonds. The summed E-state index contributed by atoms with van der Waals surface area (Å²) in [4.78, 5) is 11.6. The second-order valence-corrected chi connectivity index (χ2v) is 5.91. The summed E-state index contributed by atoms with van der Waals surface area (Å²) in [6.45, 7) is 4.77. The lowest BCUT2D eigenvalue weighted by Gasteiger charge is -2.21. The molecule has 1 rings (SSSR count). The van der Waals surface area contributed by atoms with E-state index in [1.807, 2.05) is 19.9 Å². The fraction of sp³-hybridized carbons (Fsp3) is 0.562. The number of hydrogen-bond donors (Lipinski definition) is 2.